The van der Waals surface area contributed by atoms with Crippen LogP contribution >= 0.6 is 0 Å². The molecule has 2 aromatic carbocycles. The number of aromatic nitrogens is 2. The molecule has 0 radical (unpaired) electrons. The van der Waals surface area contributed by atoms with Gasteiger partial charge in [0, 0.05) is 23.5 Å². The van der Waals surface area contributed by atoms with Crippen LogP contribution in [0.2, 0.25) is 0 Å². The van der Waals surface area contributed by atoms with E-state index in [0.717, 1.165) is 24.3 Å². The Balaban J connectivity index is 2.16. The average molecular weight is 470 g/mol. The van der Waals surface area contributed by atoms with Crippen molar-refractivity contribution in [2.45, 2.75) is 38.9 Å². The maximum atomic E-state index is 14.1. The van der Waals surface area contributed by atoms with Crippen LogP contribution in [0, 0.1) is 5.41 Å². The van der Waals surface area contributed by atoms with Gasteiger partial charge in [0.25, 0.3) is 0 Å². The number of hydrogen-bond donors (Lipinski definition) is 1. The number of hydrogen-bond acceptors (Lipinski definition) is 4. The molecule has 3 rings (SSSR count). The molecule has 33 heavy (non-hydrogen) atoms. The number of benzene rings is 2. The molecule has 0 aliphatic rings. The van der Waals surface area contributed by atoms with Crippen molar-refractivity contribution >= 4 is 0 Å². The number of aliphatic hydroxyl groups is 1. The van der Waals surface area contributed by atoms with Crippen molar-refractivity contribution in [3.05, 3.63) is 77.9 Å². The molecule has 1 atom stereocenters. The smallest absolute Gasteiger partial charge is 0.406 e. The first kappa shape index (κ1) is 24.5. The summed E-state index contributed by atoms with van der Waals surface area (Å²) in [7, 11) is 0. The van der Waals surface area contributed by atoms with E-state index in [4.69, 9.17) is 0 Å². The minimum atomic E-state index is -4.88. The molecule has 3 aromatic rings. The topological polar surface area (TPSA) is 55.2 Å². The molecule has 1 unspecified atom stereocenters. The summed E-state index contributed by atoms with van der Waals surface area (Å²) in [5, 5.41) is 11.6. The summed E-state index contributed by atoms with van der Waals surface area (Å²) in [5.74, 6) is -0.495. The Bertz CT molecular complexity index is 1110. The molecular formula is C23H20F6N2O2. The van der Waals surface area contributed by atoms with Gasteiger partial charge in [0.2, 0.25) is 0 Å². The standard InChI is InChI=1S/C23H20F6N2O2/c1-20(2,3)21(32,16-11-30-13-31-12-16)18-9-6-15(10-19(18)22(24,25)26)14-4-7-17(8-5-14)33-23(27,28)29/h4-13,32H,1-3H3. The van der Waals surface area contributed by atoms with E-state index in [9.17, 15) is 31.4 Å². The summed E-state index contributed by atoms with van der Waals surface area (Å²) in [6.45, 7) is 4.77. The van der Waals surface area contributed by atoms with Crippen LogP contribution in [-0.2, 0) is 11.8 Å². The van der Waals surface area contributed by atoms with Gasteiger partial charge in [0.15, 0.2) is 0 Å². The zero-order chi connectivity index (χ0) is 24.7. The Morgan fingerprint density at radius 2 is 1.30 bits per heavy atom. The van der Waals surface area contributed by atoms with E-state index in [1.54, 1.807) is 20.8 Å². The molecule has 1 heterocycles. The fourth-order valence-corrected chi connectivity index (χ4v) is 3.60. The quantitative estimate of drug-likeness (QED) is 0.452. The zero-order valence-corrected chi connectivity index (χ0v) is 17.8. The van der Waals surface area contributed by atoms with Gasteiger partial charge in [-0.25, -0.2) is 9.97 Å². The second-order valence-corrected chi connectivity index (χ2v) is 8.42. The maximum Gasteiger partial charge on any atom is 0.573 e. The van der Waals surface area contributed by atoms with Crippen molar-refractivity contribution in [1.29, 1.82) is 0 Å². The van der Waals surface area contributed by atoms with Gasteiger partial charge in [-0.3, -0.25) is 0 Å². The SMILES string of the molecule is CC(C)(C)C(O)(c1cncnc1)c1ccc(-c2ccc(OC(F)(F)F)cc2)cc1C(F)(F)F. The lowest BCUT2D eigenvalue weighted by atomic mass is 9.67. The van der Waals surface area contributed by atoms with E-state index in [1.807, 2.05) is 0 Å². The van der Waals surface area contributed by atoms with Gasteiger partial charge in [-0.2, -0.15) is 13.2 Å². The van der Waals surface area contributed by atoms with Crippen molar-refractivity contribution in [3.8, 4) is 16.9 Å². The minimum Gasteiger partial charge on any atom is -0.406 e. The summed E-state index contributed by atoms with van der Waals surface area (Å²) in [5.41, 5.74) is -4.23. The molecule has 0 bridgehead atoms. The van der Waals surface area contributed by atoms with Crippen molar-refractivity contribution in [2.75, 3.05) is 0 Å². The lowest BCUT2D eigenvalue weighted by Gasteiger charge is -2.42. The molecule has 1 aromatic heterocycles. The van der Waals surface area contributed by atoms with Crippen LogP contribution in [-0.4, -0.2) is 21.4 Å². The number of halogens is 6. The highest BCUT2D eigenvalue weighted by molar-refractivity contribution is 5.66. The average Bonchev–Trinajstić information content (AvgIpc) is 2.71. The van der Waals surface area contributed by atoms with Gasteiger partial charge in [-0.05, 0) is 34.7 Å². The molecule has 1 N–H and O–H groups in total. The Morgan fingerprint density at radius 3 is 1.79 bits per heavy atom. The Labute approximate surface area is 185 Å². The van der Waals surface area contributed by atoms with Crippen LogP contribution < -0.4 is 4.74 Å². The van der Waals surface area contributed by atoms with E-state index in [0.29, 0.717) is 0 Å². The first-order chi connectivity index (χ1) is 15.1. The highest BCUT2D eigenvalue weighted by atomic mass is 19.4. The van der Waals surface area contributed by atoms with Gasteiger partial charge in [0.1, 0.15) is 17.7 Å². The predicted octanol–water partition coefficient (Wildman–Crippen LogP) is 6.34. The third-order valence-corrected chi connectivity index (χ3v) is 5.20. The monoisotopic (exact) mass is 470 g/mol. The van der Waals surface area contributed by atoms with Crippen LogP contribution in [0.15, 0.2) is 61.2 Å². The number of ether oxygens (including phenoxy) is 1. The number of rotatable bonds is 4. The van der Waals surface area contributed by atoms with Gasteiger partial charge in [-0.15, -0.1) is 13.2 Å². The maximum absolute atomic E-state index is 14.1. The van der Waals surface area contributed by atoms with Crippen LogP contribution in [0.25, 0.3) is 11.1 Å². The number of nitrogens with zero attached hydrogens (tertiary/aromatic N) is 2. The lowest BCUT2D eigenvalue weighted by molar-refractivity contribution is -0.274. The lowest BCUT2D eigenvalue weighted by Crippen LogP contribution is -2.42. The molecular weight excluding hydrogens is 450 g/mol. The molecule has 0 amide bonds. The second kappa shape index (κ2) is 8.33. The molecule has 0 aliphatic heterocycles. The van der Waals surface area contributed by atoms with Crippen LogP contribution in [0.1, 0.15) is 37.5 Å². The summed E-state index contributed by atoms with van der Waals surface area (Å²) in [6.07, 6.45) is -6.01. The van der Waals surface area contributed by atoms with Gasteiger partial charge in [-0.1, -0.05) is 45.0 Å². The highest BCUT2D eigenvalue weighted by Crippen LogP contribution is 2.49. The van der Waals surface area contributed by atoms with E-state index >= 15 is 0 Å². The summed E-state index contributed by atoms with van der Waals surface area (Å²) < 4.78 is 83.3. The van der Waals surface area contributed by atoms with Gasteiger partial charge in [0.05, 0.1) is 5.56 Å². The predicted molar refractivity (Wildman–Crippen MR) is 108 cm³/mol. The fourth-order valence-electron chi connectivity index (χ4n) is 3.60. The molecule has 10 heteroatoms. The van der Waals surface area contributed by atoms with Crippen LogP contribution in [0.5, 0.6) is 5.75 Å². The summed E-state index contributed by atoms with van der Waals surface area (Å²) in [6, 6.07) is 7.85. The van der Waals surface area contributed by atoms with E-state index < -0.39 is 40.4 Å². The zero-order valence-electron chi connectivity index (χ0n) is 17.8. The largest absolute Gasteiger partial charge is 0.573 e. The fraction of sp³-hybridized carbons (Fsp3) is 0.304. The molecule has 176 valence electrons. The van der Waals surface area contributed by atoms with Crippen molar-refractivity contribution in [2.24, 2.45) is 5.41 Å². The molecule has 0 saturated carbocycles. The molecule has 0 fully saturated rings. The Morgan fingerprint density at radius 1 is 0.758 bits per heavy atom. The summed E-state index contributed by atoms with van der Waals surface area (Å²) >= 11 is 0. The van der Waals surface area contributed by atoms with Gasteiger partial charge >= 0.3 is 12.5 Å². The molecule has 0 aliphatic carbocycles. The first-order valence-corrected chi connectivity index (χ1v) is 9.69. The highest BCUT2D eigenvalue weighted by Gasteiger charge is 2.49. The van der Waals surface area contributed by atoms with E-state index in [2.05, 4.69) is 14.7 Å². The number of alkyl halides is 6. The van der Waals surface area contributed by atoms with E-state index in [-0.39, 0.29) is 16.7 Å². The Hall–Kier alpha value is -3.14. The van der Waals surface area contributed by atoms with Crippen LogP contribution in [0.4, 0.5) is 26.3 Å². The summed E-state index contributed by atoms with van der Waals surface area (Å²) in [4.78, 5) is 7.67. The third kappa shape index (κ3) is 5.11. The normalized spacial score (nSPS) is 14.6. The van der Waals surface area contributed by atoms with Crippen molar-refractivity contribution in [3.63, 3.8) is 0 Å². The van der Waals surface area contributed by atoms with Crippen molar-refractivity contribution in [1.82, 2.24) is 9.97 Å². The van der Waals surface area contributed by atoms with Crippen molar-refractivity contribution < 1.29 is 36.2 Å². The van der Waals surface area contributed by atoms with Crippen LogP contribution in [0.3, 0.4) is 0 Å². The minimum absolute atomic E-state index is 0.0874. The van der Waals surface area contributed by atoms with Gasteiger partial charge < -0.3 is 9.84 Å². The van der Waals surface area contributed by atoms with E-state index in [1.165, 1.54) is 36.9 Å². The molecule has 0 saturated heterocycles. The third-order valence-electron chi connectivity index (χ3n) is 5.20. The Kier molecular flexibility index (Phi) is 6.18. The second-order valence-electron chi connectivity index (χ2n) is 8.42. The molecule has 4 nitrogen and oxygen atoms in total. The first-order valence-electron chi connectivity index (χ1n) is 9.69. The molecule has 0 spiro atoms.